The third kappa shape index (κ3) is 3.31. The Balaban J connectivity index is 2.47. The van der Waals surface area contributed by atoms with Gasteiger partial charge in [0.05, 0.1) is 23.5 Å². The average Bonchev–Trinajstić information content (AvgIpc) is 2.48. The van der Waals surface area contributed by atoms with Crippen molar-refractivity contribution in [2.45, 2.75) is 4.90 Å². The van der Waals surface area contributed by atoms with Crippen molar-refractivity contribution in [3.8, 4) is 5.75 Å². The van der Waals surface area contributed by atoms with Crippen LogP contribution in [0.2, 0.25) is 5.15 Å². The third-order valence-electron chi connectivity index (χ3n) is 2.59. The van der Waals surface area contributed by atoms with Crippen LogP contribution in [0, 0.1) is 11.6 Å². The van der Waals surface area contributed by atoms with E-state index in [0.29, 0.717) is 0 Å². The molecule has 22 heavy (non-hydrogen) atoms. The van der Waals surface area contributed by atoms with E-state index in [-0.39, 0.29) is 10.9 Å². The number of methoxy groups -OCH3 is 1. The second-order valence-electron chi connectivity index (χ2n) is 3.99. The molecule has 0 atom stereocenters. The highest BCUT2D eigenvalue weighted by Crippen LogP contribution is 2.30. The summed E-state index contributed by atoms with van der Waals surface area (Å²) in [6.07, 6.45) is 1.23. The largest absolute Gasteiger partial charge is 0.495 e. The lowest BCUT2D eigenvalue weighted by Gasteiger charge is -2.11. The van der Waals surface area contributed by atoms with Gasteiger partial charge in [-0.1, -0.05) is 11.6 Å². The monoisotopic (exact) mass is 412 g/mol. The Hall–Kier alpha value is -1.45. The van der Waals surface area contributed by atoms with Gasteiger partial charge in [0, 0.05) is 6.07 Å². The zero-order valence-electron chi connectivity index (χ0n) is 10.9. The van der Waals surface area contributed by atoms with Crippen molar-refractivity contribution in [2.24, 2.45) is 0 Å². The average molecular weight is 414 g/mol. The van der Waals surface area contributed by atoms with E-state index in [9.17, 15) is 17.2 Å². The number of ether oxygens (including phenoxy) is 1. The number of benzene rings is 1. The molecule has 0 saturated heterocycles. The van der Waals surface area contributed by atoms with E-state index in [1.807, 2.05) is 4.72 Å². The Labute approximate surface area is 138 Å². The van der Waals surface area contributed by atoms with Crippen molar-refractivity contribution >= 4 is 43.2 Å². The smallest absolute Gasteiger partial charge is 0.265 e. The molecule has 2 aromatic rings. The maximum absolute atomic E-state index is 13.9. The van der Waals surface area contributed by atoms with Crippen LogP contribution < -0.4 is 9.46 Å². The molecule has 1 N–H and O–H groups in total. The fourth-order valence-corrected chi connectivity index (χ4v) is 3.37. The van der Waals surface area contributed by atoms with Gasteiger partial charge < -0.3 is 4.74 Å². The molecule has 0 bridgehead atoms. The normalized spacial score (nSPS) is 11.3. The first-order valence-corrected chi connectivity index (χ1v) is 8.27. The quantitative estimate of drug-likeness (QED) is 0.614. The fourth-order valence-electron chi connectivity index (χ4n) is 1.51. The number of nitrogens with zero attached hydrogens (tertiary/aromatic N) is 1. The zero-order chi connectivity index (χ0) is 16.5. The van der Waals surface area contributed by atoms with Crippen LogP contribution in [0.4, 0.5) is 14.5 Å². The van der Waals surface area contributed by atoms with Gasteiger partial charge in [0.2, 0.25) is 0 Å². The van der Waals surface area contributed by atoms with Gasteiger partial charge in [-0.25, -0.2) is 22.2 Å². The lowest BCUT2D eigenvalue weighted by atomic mass is 10.3. The number of nitrogens with one attached hydrogen (secondary N) is 1. The molecule has 1 aromatic carbocycles. The van der Waals surface area contributed by atoms with E-state index in [2.05, 4.69) is 20.9 Å². The summed E-state index contributed by atoms with van der Waals surface area (Å²) < 4.78 is 57.9. The van der Waals surface area contributed by atoms with Crippen LogP contribution in [0.15, 0.2) is 33.8 Å². The predicted molar refractivity (Wildman–Crippen MR) is 80.7 cm³/mol. The second kappa shape index (κ2) is 6.35. The summed E-state index contributed by atoms with van der Waals surface area (Å²) in [6, 6.07) is 3.00. The van der Waals surface area contributed by atoms with E-state index in [0.717, 1.165) is 18.2 Å². The molecule has 5 nitrogen and oxygen atoms in total. The third-order valence-corrected chi connectivity index (χ3v) is 5.11. The maximum Gasteiger partial charge on any atom is 0.265 e. The highest BCUT2D eigenvalue weighted by molar-refractivity contribution is 9.10. The summed E-state index contributed by atoms with van der Waals surface area (Å²) in [5.74, 6) is -1.79. The van der Waals surface area contributed by atoms with Crippen molar-refractivity contribution < 1.29 is 21.9 Å². The molecule has 0 amide bonds. The van der Waals surface area contributed by atoms with E-state index in [1.54, 1.807) is 0 Å². The molecular formula is C12H8BrClF2N2O3S. The summed E-state index contributed by atoms with van der Waals surface area (Å²) in [6.45, 7) is 0. The summed E-state index contributed by atoms with van der Waals surface area (Å²) in [4.78, 5) is 3.28. The van der Waals surface area contributed by atoms with Gasteiger partial charge in [-0.2, -0.15) is 0 Å². The number of rotatable bonds is 4. The van der Waals surface area contributed by atoms with Crippen molar-refractivity contribution in [1.29, 1.82) is 0 Å². The Bertz CT molecular complexity index is 833. The summed E-state index contributed by atoms with van der Waals surface area (Å²) in [5.41, 5.74) is -0.438. The minimum atomic E-state index is -4.24. The first kappa shape index (κ1) is 16.9. The molecule has 0 aliphatic heterocycles. The Morgan fingerprint density at radius 1 is 1.36 bits per heavy atom. The van der Waals surface area contributed by atoms with Crippen LogP contribution in [0.3, 0.4) is 0 Å². The topological polar surface area (TPSA) is 68.3 Å². The van der Waals surface area contributed by atoms with Crippen molar-refractivity contribution in [2.75, 3.05) is 11.8 Å². The minimum absolute atomic E-state index is 0.158. The molecule has 1 aromatic heterocycles. The molecule has 118 valence electrons. The Kier molecular flexibility index (Phi) is 4.88. The molecule has 0 radical (unpaired) electrons. The number of halogens is 4. The van der Waals surface area contributed by atoms with Gasteiger partial charge in [0.25, 0.3) is 10.0 Å². The van der Waals surface area contributed by atoms with E-state index < -0.39 is 36.7 Å². The van der Waals surface area contributed by atoms with E-state index in [4.69, 9.17) is 16.3 Å². The first-order valence-electron chi connectivity index (χ1n) is 5.62. The van der Waals surface area contributed by atoms with Crippen LogP contribution in [0.1, 0.15) is 0 Å². The van der Waals surface area contributed by atoms with Gasteiger partial charge in [0.1, 0.15) is 21.6 Å². The van der Waals surface area contributed by atoms with Gasteiger partial charge in [0.15, 0.2) is 5.82 Å². The van der Waals surface area contributed by atoms with Crippen LogP contribution in [0.5, 0.6) is 5.75 Å². The number of sulfonamides is 1. The maximum atomic E-state index is 13.9. The molecule has 0 spiro atoms. The van der Waals surface area contributed by atoms with Crippen LogP contribution >= 0.6 is 27.5 Å². The molecule has 0 unspecified atom stereocenters. The highest BCUT2D eigenvalue weighted by Gasteiger charge is 2.23. The minimum Gasteiger partial charge on any atom is -0.495 e. The molecule has 2 rings (SSSR count). The Morgan fingerprint density at radius 2 is 2.05 bits per heavy atom. The van der Waals surface area contributed by atoms with Gasteiger partial charge >= 0.3 is 0 Å². The van der Waals surface area contributed by atoms with E-state index >= 15 is 0 Å². The second-order valence-corrected chi connectivity index (χ2v) is 6.79. The predicted octanol–water partition coefficient (Wildman–Crippen LogP) is 3.59. The molecule has 0 aliphatic carbocycles. The summed E-state index contributed by atoms with van der Waals surface area (Å²) >= 11 is 8.44. The number of anilines is 1. The summed E-state index contributed by atoms with van der Waals surface area (Å²) in [7, 11) is -2.91. The molecular weight excluding hydrogens is 406 g/mol. The first-order chi connectivity index (χ1) is 10.3. The molecule has 0 aliphatic rings. The van der Waals surface area contributed by atoms with Crippen molar-refractivity contribution in [3.63, 3.8) is 0 Å². The highest BCUT2D eigenvalue weighted by atomic mass is 79.9. The van der Waals surface area contributed by atoms with Gasteiger partial charge in [-0.15, -0.1) is 0 Å². The number of pyridine rings is 1. The fraction of sp³-hybridized carbons (Fsp3) is 0.0833. The molecule has 0 saturated carbocycles. The molecule has 1 heterocycles. The van der Waals surface area contributed by atoms with Gasteiger partial charge in [-0.05, 0) is 28.1 Å². The van der Waals surface area contributed by atoms with Crippen LogP contribution in [-0.2, 0) is 10.0 Å². The number of hydrogen-bond acceptors (Lipinski definition) is 4. The number of hydrogen-bond donors (Lipinski definition) is 1. The van der Waals surface area contributed by atoms with Crippen LogP contribution in [-0.4, -0.2) is 20.5 Å². The zero-order valence-corrected chi connectivity index (χ0v) is 14.1. The Morgan fingerprint density at radius 3 is 2.68 bits per heavy atom. The standard InChI is InChI=1S/C12H8BrClF2N2O3S/c1-21-6-4-9(12(14)17-5-6)22(19,20)18-8-3-2-7(15)10(13)11(8)16/h2-5,18H,1H3. The van der Waals surface area contributed by atoms with E-state index in [1.165, 1.54) is 13.3 Å². The van der Waals surface area contributed by atoms with Gasteiger partial charge in [-0.3, -0.25) is 4.72 Å². The van der Waals surface area contributed by atoms with Crippen molar-refractivity contribution in [3.05, 3.63) is 45.7 Å². The van der Waals surface area contributed by atoms with Crippen molar-refractivity contribution in [1.82, 2.24) is 4.98 Å². The lowest BCUT2D eigenvalue weighted by molar-refractivity contribution is 0.411. The van der Waals surface area contributed by atoms with Crippen LogP contribution in [0.25, 0.3) is 0 Å². The molecule has 10 heteroatoms. The molecule has 0 fully saturated rings. The SMILES string of the molecule is COc1cnc(Cl)c(S(=O)(=O)Nc2ccc(F)c(Br)c2F)c1. The summed E-state index contributed by atoms with van der Waals surface area (Å²) in [5, 5.41) is -0.310. The lowest BCUT2D eigenvalue weighted by Crippen LogP contribution is -2.15. The number of aromatic nitrogens is 1.